The van der Waals surface area contributed by atoms with E-state index in [0.29, 0.717) is 30.5 Å². The Morgan fingerprint density at radius 2 is 1.68 bits per heavy atom. The zero-order valence-corrected chi connectivity index (χ0v) is 18.0. The number of esters is 1. The first-order chi connectivity index (χ1) is 13.5. The highest BCUT2D eigenvalue weighted by Crippen LogP contribution is 2.69. The topological polar surface area (TPSA) is 44.8 Å². The number of rotatable bonds is 2. The Morgan fingerprint density at radius 1 is 0.893 bits per heavy atom. The Bertz CT molecular complexity index is 626. The third-order valence-electron chi connectivity index (χ3n) is 10.2. The number of ether oxygens (including phenoxy) is 3. The third kappa shape index (κ3) is 2.46. The monoisotopic (exact) mass is 390 g/mol. The average Bonchev–Trinajstić information content (AvgIpc) is 3.32. The summed E-state index contributed by atoms with van der Waals surface area (Å²) in [6.07, 6.45) is 12.6. The van der Waals surface area contributed by atoms with Crippen LogP contribution in [0.25, 0.3) is 0 Å². The molecule has 28 heavy (non-hydrogen) atoms. The zero-order chi connectivity index (χ0) is 19.6. The molecule has 7 atom stereocenters. The van der Waals surface area contributed by atoms with Crippen LogP contribution in [0.4, 0.5) is 0 Å². The van der Waals surface area contributed by atoms with Crippen LogP contribution in [0.5, 0.6) is 0 Å². The fourth-order valence-electron chi connectivity index (χ4n) is 9.02. The van der Waals surface area contributed by atoms with Gasteiger partial charge in [0.1, 0.15) is 0 Å². The number of methoxy groups -OCH3 is 1. The first kappa shape index (κ1) is 19.4. The van der Waals surface area contributed by atoms with Gasteiger partial charge in [-0.05, 0) is 87.4 Å². The summed E-state index contributed by atoms with van der Waals surface area (Å²) in [5.41, 5.74) is 0.0820. The molecule has 0 amide bonds. The molecule has 0 aromatic heterocycles. The minimum Gasteiger partial charge on any atom is -0.469 e. The maximum Gasteiger partial charge on any atom is 0.312 e. The van der Waals surface area contributed by atoms with Gasteiger partial charge >= 0.3 is 5.97 Å². The standard InChI is InChI=1S/C24H38O4/c1-22-12-5-4-6-16(22)7-8-17-18(22)11-13-24(21(25)26-3)19(17)9-10-20(24)23(2)27-14-15-28-23/h16-20H,4-15H2,1-3H3/t16-,17-,18+,19+,20-,22+,24-/m1/s1. The fourth-order valence-corrected chi connectivity index (χ4v) is 9.02. The molecule has 4 aliphatic carbocycles. The van der Waals surface area contributed by atoms with Gasteiger partial charge in [-0.1, -0.05) is 19.8 Å². The van der Waals surface area contributed by atoms with Gasteiger partial charge in [0, 0.05) is 5.92 Å². The lowest BCUT2D eigenvalue weighted by Gasteiger charge is -2.60. The second-order valence-electron chi connectivity index (χ2n) is 10.8. The molecule has 0 aromatic carbocycles. The van der Waals surface area contributed by atoms with E-state index in [-0.39, 0.29) is 11.9 Å². The fraction of sp³-hybridized carbons (Fsp3) is 0.958. The summed E-state index contributed by atoms with van der Waals surface area (Å²) in [4.78, 5) is 13.4. The van der Waals surface area contributed by atoms with Gasteiger partial charge in [0.15, 0.2) is 5.79 Å². The quantitative estimate of drug-likeness (QED) is 0.626. The highest BCUT2D eigenvalue weighted by Gasteiger charge is 2.68. The van der Waals surface area contributed by atoms with Crippen LogP contribution in [-0.4, -0.2) is 32.1 Å². The molecule has 0 aromatic rings. The van der Waals surface area contributed by atoms with Gasteiger partial charge < -0.3 is 14.2 Å². The molecule has 1 aliphatic heterocycles. The number of carbonyl (C=O) groups excluding carboxylic acids is 1. The molecule has 4 heteroatoms. The van der Waals surface area contributed by atoms with E-state index in [1.165, 1.54) is 44.9 Å². The van der Waals surface area contributed by atoms with Crippen LogP contribution in [0, 0.1) is 40.4 Å². The molecule has 1 heterocycles. The van der Waals surface area contributed by atoms with Crippen molar-refractivity contribution in [2.75, 3.05) is 20.3 Å². The van der Waals surface area contributed by atoms with Crippen LogP contribution in [0.15, 0.2) is 0 Å². The average molecular weight is 391 g/mol. The van der Waals surface area contributed by atoms with Crippen molar-refractivity contribution in [2.24, 2.45) is 40.4 Å². The molecule has 0 bridgehead atoms. The van der Waals surface area contributed by atoms with E-state index in [4.69, 9.17) is 14.2 Å². The molecule has 0 radical (unpaired) electrons. The van der Waals surface area contributed by atoms with Crippen molar-refractivity contribution in [3.8, 4) is 0 Å². The normalized spacial score (nSPS) is 49.8. The van der Waals surface area contributed by atoms with Crippen molar-refractivity contribution in [1.29, 1.82) is 0 Å². The van der Waals surface area contributed by atoms with E-state index in [0.717, 1.165) is 31.1 Å². The van der Waals surface area contributed by atoms with Gasteiger partial charge in [-0.25, -0.2) is 0 Å². The number of hydrogen-bond donors (Lipinski definition) is 0. The summed E-state index contributed by atoms with van der Waals surface area (Å²) in [5, 5.41) is 0. The van der Waals surface area contributed by atoms with E-state index in [1.807, 2.05) is 0 Å². The van der Waals surface area contributed by atoms with Crippen LogP contribution >= 0.6 is 0 Å². The van der Waals surface area contributed by atoms with Gasteiger partial charge in [0.25, 0.3) is 0 Å². The molecule has 5 aliphatic rings. The highest BCUT2D eigenvalue weighted by molar-refractivity contribution is 5.78. The van der Waals surface area contributed by atoms with Gasteiger partial charge in [-0.3, -0.25) is 4.79 Å². The minimum atomic E-state index is -0.623. The summed E-state index contributed by atoms with van der Waals surface area (Å²) in [7, 11) is 1.58. The molecule has 0 unspecified atom stereocenters. The number of fused-ring (bicyclic) bond motifs is 5. The molecule has 5 rings (SSSR count). The van der Waals surface area contributed by atoms with Gasteiger partial charge in [-0.2, -0.15) is 0 Å². The molecule has 0 spiro atoms. The van der Waals surface area contributed by atoms with Crippen molar-refractivity contribution in [3.05, 3.63) is 0 Å². The number of hydrogen-bond acceptors (Lipinski definition) is 4. The lowest BCUT2D eigenvalue weighted by atomic mass is 9.44. The maximum atomic E-state index is 13.4. The van der Waals surface area contributed by atoms with E-state index >= 15 is 0 Å². The first-order valence-electron chi connectivity index (χ1n) is 11.8. The van der Waals surface area contributed by atoms with E-state index in [2.05, 4.69) is 13.8 Å². The summed E-state index contributed by atoms with van der Waals surface area (Å²) < 4.78 is 17.7. The van der Waals surface area contributed by atoms with Gasteiger partial charge in [0.05, 0.1) is 25.7 Å². The van der Waals surface area contributed by atoms with Crippen LogP contribution in [-0.2, 0) is 19.0 Å². The van der Waals surface area contributed by atoms with Crippen LogP contribution in [0.3, 0.4) is 0 Å². The first-order valence-corrected chi connectivity index (χ1v) is 11.8. The lowest BCUT2D eigenvalue weighted by molar-refractivity contribution is -0.228. The molecule has 0 N–H and O–H groups in total. The molecule has 158 valence electrons. The second-order valence-corrected chi connectivity index (χ2v) is 10.8. The number of carbonyl (C=O) groups is 1. The van der Waals surface area contributed by atoms with Gasteiger partial charge in [0.2, 0.25) is 0 Å². The van der Waals surface area contributed by atoms with Crippen LogP contribution in [0.1, 0.15) is 78.1 Å². The Labute approximate surface area is 170 Å². The molecular weight excluding hydrogens is 352 g/mol. The Hall–Kier alpha value is -0.610. The molecule has 5 fully saturated rings. The van der Waals surface area contributed by atoms with E-state index in [1.54, 1.807) is 7.11 Å². The summed E-state index contributed by atoms with van der Waals surface area (Å²) in [6, 6.07) is 0. The zero-order valence-electron chi connectivity index (χ0n) is 18.0. The Balaban J connectivity index is 1.51. The van der Waals surface area contributed by atoms with Crippen molar-refractivity contribution in [3.63, 3.8) is 0 Å². The summed E-state index contributed by atoms with van der Waals surface area (Å²) in [5.74, 6) is 2.31. The third-order valence-corrected chi connectivity index (χ3v) is 10.2. The van der Waals surface area contributed by atoms with Crippen LogP contribution < -0.4 is 0 Å². The SMILES string of the molecule is COC(=O)[C@]12CC[C@H]3[C@@H](CC[C@H]4CCCC[C@@]43C)[C@@H]1CC[C@@H]2C1(C)OCCO1. The second kappa shape index (κ2) is 6.70. The summed E-state index contributed by atoms with van der Waals surface area (Å²) in [6.45, 7) is 5.94. The van der Waals surface area contributed by atoms with Crippen molar-refractivity contribution in [2.45, 2.75) is 83.8 Å². The Kier molecular flexibility index (Phi) is 4.63. The lowest BCUT2D eigenvalue weighted by Crippen LogP contribution is -2.58. The van der Waals surface area contributed by atoms with Crippen molar-refractivity contribution >= 4 is 5.97 Å². The summed E-state index contributed by atoms with van der Waals surface area (Å²) >= 11 is 0. The highest BCUT2D eigenvalue weighted by atomic mass is 16.7. The molecule has 1 saturated heterocycles. The largest absolute Gasteiger partial charge is 0.469 e. The molecule has 4 saturated carbocycles. The molecular formula is C24H38O4. The van der Waals surface area contributed by atoms with E-state index < -0.39 is 11.2 Å². The minimum absolute atomic E-state index is 0.00898. The predicted molar refractivity (Wildman–Crippen MR) is 106 cm³/mol. The van der Waals surface area contributed by atoms with Gasteiger partial charge in [-0.15, -0.1) is 0 Å². The smallest absolute Gasteiger partial charge is 0.312 e. The predicted octanol–water partition coefficient (Wildman–Crippen LogP) is 4.95. The van der Waals surface area contributed by atoms with Crippen molar-refractivity contribution in [1.82, 2.24) is 0 Å². The van der Waals surface area contributed by atoms with Crippen molar-refractivity contribution < 1.29 is 19.0 Å². The van der Waals surface area contributed by atoms with Crippen LogP contribution in [0.2, 0.25) is 0 Å². The Morgan fingerprint density at radius 3 is 2.43 bits per heavy atom. The maximum absolute atomic E-state index is 13.4. The molecule has 4 nitrogen and oxygen atoms in total. The van der Waals surface area contributed by atoms with E-state index in [9.17, 15) is 4.79 Å².